The number of nitrogens with zero attached hydrogens (tertiary/aromatic N) is 2. The molecule has 0 saturated heterocycles. The molecule has 0 spiro atoms. The van der Waals surface area contributed by atoms with Gasteiger partial charge in [0.15, 0.2) is 0 Å². The molecule has 0 aliphatic heterocycles. The van der Waals surface area contributed by atoms with Crippen molar-refractivity contribution in [2.75, 3.05) is 24.2 Å². The number of anilines is 2. The highest BCUT2D eigenvalue weighted by atomic mass is 32.1. The first-order chi connectivity index (χ1) is 9.63. The molecule has 0 atom stereocenters. The molecule has 0 unspecified atom stereocenters. The van der Waals surface area contributed by atoms with E-state index in [1.807, 2.05) is 7.05 Å². The largest absolute Gasteiger partial charge is 0.388 e. The Morgan fingerprint density at radius 3 is 2.80 bits per heavy atom. The van der Waals surface area contributed by atoms with Gasteiger partial charge in [0, 0.05) is 18.5 Å². The molecule has 1 aliphatic carbocycles. The Morgan fingerprint density at radius 2 is 2.20 bits per heavy atom. The maximum Gasteiger partial charge on any atom is 0.225 e. The first kappa shape index (κ1) is 13.6. The molecule has 2 heterocycles. The van der Waals surface area contributed by atoms with E-state index >= 15 is 0 Å². The number of aliphatic hydroxyl groups is 1. The molecule has 0 bridgehead atoms. The van der Waals surface area contributed by atoms with Gasteiger partial charge in [-0.05, 0) is 31.7 Å². The highest BCUT2D eigenvalue weighted by Gasteiger charge is 2.34. The summed E-state index contributed by atoms with van der Waals surface area (Å²) in [5.74, 6) is 1.43. The summed E-state index contributed by atoms with van der Waals surface area (Å²) in [4.78, 5) is 11.3. The smallest absolute Gasteiger partial charge is 0.225 e. The van der Waals surface area contributed by atoms with E-state index in [-0.39, 0.29) is 0 Å². The second-order valence-corrected chi connectivity index (χ2v) is 6.48. The normalized spacial score (nSPS) is 16.9. The van der Waals surface area contributed by atoms with Gasteiger partial charge >= 0.3 is 0 Å². The Labute approximate surface area is 122 Å². The third-order valence-corrected chi connectivity index (χ3v) is 5.06. The van der Waals surface area contributed by atoms with Crippen LogP contribution in [0.3, 0.4) is 0 Å². The van der Waals surface area contributed by atoms with Gasteiger partial charge in [-0.25, -0.2) is 4.98 Å². The van der Waals surface area contributed by atoms with Crippen molar-refractivity contribution in [3.8, 4) is 0 Å². The second kappa shape index (κ2) is 5.18. The summed E-state index contributed by atoms with van der Waals surface area (Å²) in [6.07, 6.45) is 3.85. The highest BCUT2D eigenvalue weighted by molar-refractivity contribution is 7.18. The number of fused-ring (bicyclic) bond motifs is 1. The molecular formula is C14H20N4OS. The fourth-order valence-corrected chi connectivity index (χ4v) is 3.37. The third kappa shape index (κ3) is 2.45. The number of aryl methyl sites for hydroxylation is 1. The van der Waals surface area contributed by atoms with Gasteiger partial charge in [-0.1, -0.05) is 6.92 Å². The van der Waals surface area contributed by atoms with E-state index in [2.05, 4.69) is 33.6 Å². The van der Waals surface area contributed by atoms with Crippen LogP contribution in [0, 0.1) is 0 Å². The average Bonchev–Trinajstić information content (AvgIpc) is 2.85. The minimum absolute atomic E-state index is 0.555. The lowest BCUT2D eigenvalue weighted by molar-refractivity contribution is -0.0202. The molecule has 3 N–H and O–H groups in total. The van der Waals surface area contributed by atoms with E-state index in [9.17, 15) is 5.11 Å². The zero-order valence-corrected chi connectivity index (χ0v) is 12.7. The molecule has 3 rings (SSSR count). The molecule has 108 valence electrons. The van der Waals surface area contributed by atoms with Gasteiger partial charge in [0.05, 0.1) is 11.0 Å². The lowest BCUT2D eigenvalue weighted by Gasteiger charge is -2.36. The van der Waals surface area contributed by atoms with Crippen LogP contribution in [0.1, 0.15) is 31.1 Å². The Hall–Kier alpha value is -1.40. The van der Waals surface area contributed by atoms with Crippen molar-refractivity contribution in [1.29, 1.82) is 0 Å². The van der Waals surface area contributed by atoms with Crippen LogP contribution in [-0.2, 0) is 6.42 Å². The average molecular weight is 292 g/mol. The molecule has 6 heteroatoms. The lowest BCUT2D eigenvalue weighted by Crippen LogP contribution is -2.43. The minimum atomic E-state index is -0.555. The Balaban J connectivity index is 1.92. The molecule has 2 aromatic rings. The number of aromatic nitrogens is 2. The van der Waals surface area contributed by atoms with Gasteiger partial charge in [-0.15, -0.1) is 11.3 Å². The molecule has 0 aromatic carbocycles. The fourth-order valence-electron chi connectivity index (χ4n) is 2.40. The Kier molecular flexibility index (Phi) is 3.52. The topological polar surface area (TPSA) is 70.1 Å². The van der Waals surface area contributed by atoms with Gasteiger partial charge < -0.3 is 15.7 Å². The van der Waals surface area contributed by atoms with Crippen molar-refractivity contribution in [3.05, 3.63) is 10.9 Å². The monoisotopic (exact) mass is 292 g/mol. The van der Waals surface area contributed by atoms with Crippen LogP contribution in [0.15, 0.2) is 6.07 Å². The third-order valence-electron chi connectivity index (χ3n) is 3.89. The molecule has 2 aromatic heterocycles. The molecule has 20 heavy (non-hydrogen) atoms. The molecule has 0 radical (unpaired) electrons. The zero-order valence-electron chi connectivity index (χ0n) is 11.9. The summed E-state index contributed by atoms with van der Waals surface area (Å²) in [6.45, 7) is 2.70. The summed E-state index contributed by atoms with van der Waals surface area (Å²) in [6, 6.07) is 2.15. The maximum absolute atomic E-state index is 10.2. The van der Waals surface area contributed by atoms with Crippen molar-refractivity contribution in [1.82, 2.24) is 9.97 Å². The van der Waals surface area contributed by atoms with Crippen molar-refractivity contribution >= 4 is 33.3 Å². The fraction of sp³-hybridized carbons (Fsp3) is 0.571. The van der Waals surface area contributed by atoms with E-state index in [0.29, 0.717) is 12.5 Å². The van der Waals surface area contributed by atoms with Crippen LogP contribution in [0.4, 0.5) is 11.8 Å². The SMILES string of the molecule is CCc1cc2c(NCC3(O)CCC3)nc(NC)nc2s1. The van der Waals surface area contributed by atoms with E-state index in [0.717, 1.165) is 41.7 Å². The number of thiophene rings is 1. The summed E-state index contributed by atoms with van der Waals surface area (Å²) in [5, 5.41) is 17.6. The molecule has 1 fully saturated rings. The van der Waals surface area contributed by atoms with E-state index in [1.54, 1.807) is 11.3 Å². The minimum Gasteiger partial charge on any atom is -0.388 e. The van der Waals surface area contributed by atoms with Crippen molar-refractivity contribution in [2.24, 2.45) is 0 Å². The summed E-state index contributed by atoms with van der Waals surface area (Å²) in [5.41, 5.74) is -0.555. The van der Waals surface area contributed by atoms with Crippen molar-refractivity contribution in [3.63, 3.8) is 0 Å². The maximum atomic E-state index is 10.2. The van der Waals surface area contributed by atoms with Crippen LogP contribution < -0.4 is 10.6 Å². The first-order valence-electron chi connectivity index (χ1n) is 7.08. The van der Waals surface area contributed by atoms with Crippen molar-refractivity contribution < 1.29 is 5.11 Å². The second-order valence-electron chi connectivity index (χ2n) is 5.36. The first-order valence-corrected chi connectivity index (χ1v) is 7.90. The van der Waals surface area contributed by atoms with Crippen LogP contribution >= 0.6 is 11.3 Å². The molecule has 0 amide bonds. The molecule has 5 nitrogen and oxygen atoms in total. The van der Waals surface area contributed by atoms with Gasteiger partial charge in [0.1, 0.15) is 10.6 Å². The summed E-state index contributed by atoms with van der Waals surface area (Å²) >= 11 is 1.70. The standard InChI is InChI=1S/C14H20N4OS/c1-3-9-7-10-11(16-8-14(19)5-4-6-14)17-13(15-2)18-12(10)20-9/h7,19H,3-6,8H2,1-2H3,(H2,15,16,17,18). The molecule has 1 aliphatic rings. The van der Waals surface area contributed by atoms with E-state index in [4.69, 9.17) is 0 Å². The number of hydrogen-bond acceptors (Lipinski definition) is 6. The van der Waals surface area contributed by atoms with Gasteiger partial charge in [0.2, 0.25) is 5.95 Å². The van der Waals surface area contributed by atoms with Crippen LogP contribution in [-0.4, -0.2) is 34.3 Å². The Bertz CT molecular complexity index is 621. The summed E-state index contributed by atoms with van der Waals surface area (Å²) in [7, 11) is 1.82. The number of nitrogens with one attached hydrogen (secondary N) is 2. The number of hydrogen-bond donors (Lipinski definition) is 3. The summed E-state index contributed by atoms with van der Waals surface area (Å²) < 4.78 is 0. The molecular weight excluding hydrogens is 272 g/mol. The van der Waals surface area contributed by atoms with E-state index in [1.165, 1.54) is 4.88 Å². The van der Waals surface area contributed by atoms with Crippen LogP contribution in [0.25, 0.3) is 10.2 Å². The van der Waals surface area contributed by atoms with Gasteiger partial charge in [-0.3, -0.25) is 0 Å². The van der Waals surface area contributed by atoms with E-state index < -0.39 is 5.60 Å². The Morgan fingerprint density at radius 1 is 1.40 bits per heavy atom. The van der Waals surface area contributed by atoms with Gasteiger partial charge in [-0.2, -0.15) is 4.98 Å². The zero-order chi connectivity index (χ0) is 14.2. The molecule has 1 saturated carbocycles. The highest BCUT2D eigenvalue weighted by Crippen LogP contribution is 2.34. The predicted octanol–water partition coefficient (Wildman–Crippen LogP) is 2.62. The lowest BCUT2D eigenvalue weighted by atomic mass is 9.80. The van der Waals surface area contributed by atoms with Gasteiger partial charge in [0.25, 0.3) is 0 Å². The van der Waals surface area contributed by atoms with Crippen LogP contribution in [0.5, 0.6) is 0 Å². The van der Waals surface area contributed by atoms with Crippen LogP contribution in [0.2, 0.25) is 0 Å². The number of rotatable bonds is 5. The quantitative estimate of drug-likeness (QED) is 0.790. The van der Waals surface area contributed by atoms with Crippen molar-refractivity contribution in [2.45, 2.75) is 38.2 Å². The predicted molar refractivity (Wildman–Crippen MR) is 83.6 cm³/mol.